The van der Waals surface area contributed by atoms with Crippen LogP contribution in [0.5, 0.6) is 0 Å². The molecule has 0 radical (unpaired) electrons. The lowest BCUT2D eigenvalue weighted by atomic mass is 10.3. The Morgan fingerprint density at radius 1 is 0.895 bits per heavy atom. The summed E-state index contributed by atoms with van der Waals surface area (Å²) in [6.45, 7) is 12.6. The molecular formula is C15H32O3Si. The Hall–Kier alpha value is -0.323. The van der Waals surface area contributed by atoms with Crippen LogP contribution in [0.2, 0.25) is 0 Å². The molecular weight excluding hydrogens is 256 g/mol. The Kier molecular flexibility index (Phi) is 11.3. The van der Waals surface area contributed by atoms with Crippen LogP contribution in [-0.4, -0.2) is 35.5 Å². The van der Waals surface area contributed by atoms with Gasteiger partial charge in [0.15, 0.2) is 5.41 Å². The molecule has 0 fully saturated rings. The molecule has 0 aromatic carbocycles. The van der Waals surface area contributed by atoms with Crippen molar-refractivity contribution in [2.75, 3.05) is 19.8 Å². The van der Waals surface area contributed by atoms with Gasteiger partial charge in [-0.2, -0.15) is 0 Å². The predicted octanol–water partition coefficient (Wildman–Crippen LogP) is 2.97. The molecule has 114 valence electrons. The Labute approximate surface area is 122 Å². The highest BCUT2D eigenvalue weighted by atomic mass is 28.1. The van der Waals surface area contributed by atoms with Crippen LogP contribution in [0.25, 0.3) is 0 Å². The van der Waals surface area contributed by atoms with Crippen LogP contribution in [0, 0.1) is 0 Å². The van der Waals surface area contributed by atoms with Crippen LogP contribution in [0.15, 0.2) is 12.3 Å². The highest BCUT2D eigenvalue weighted by Gasteiger charge is 2.30. The first-order valence-corrected chi connectivity index (χ1v) is 8.70. The maximum absolute atomic E-state index is 5.92. The average molecular weight is 289 g/mol. The van der Waals surface area contributed by atoms with Crippen molar-refractivity contribution in [1.29, 1.82) is 0 Å². The van der Waals surface area contributed by atoms with Crippen molar-refractivity contribution >= 4 is 10.2 Å². The van der Waals surface area contributed by atoms with Crippen LogP contribution in [0.3, 0.4) is 0 Å². The third-order valence-electron chi connectivity index (χ3n) is 3.03. The van der Waals surface area contributed by atoms with Crippen LogP contribution in [-0.2, 0) is 14.2 Å². The second-order valence-corrected chi connectivity index (χ2v) is 6.29. The number of rotatable bonds is 13. The SMILES string of the molecule is C=C(OCCCC)C([SiH3])(OCCCC)OCCCC. The summed E-state index contributed by atoms with van der Waals surface area (Å²) in [5.74, 6) is 0.653. The number of ether oxygens (including phenoxy) is 3. The molecule has 0 saturated heterocycles. The second-order valence-electron chi connectivity index (χ2n) is 4.97. The fourth-order valence-corrected chi connectivity index (χ4v) is 2.05. The third kappa shape index (κ3) is 8.45. The van der Waals surface area contributed by atoms with E-state index < -0.39 is 5.41 Å². The second kappa shape index (κ2) is 11.5. The van der Waals surface area contributed by atoms with Crippen LogP contribution >= 0.6 is 0 Å². The van der Waals surface area contributed by atoms with E-state index in [0.29, 0.717) is 25.6 Å². The van der Waals surface area contributed by atoms with Gasteiger partial charge in [-0.1, -0.05) is 46.6 Å². The van der Waals surface area contributed by atoms with E-state index in [0.717, 1.165) is 48.8 Å². The van der Waals surface area contributed by atoms with Gasteiger partial charge in [0.25, 0.3) is 0 Å². The summed E-state index contributed by atoms with van der Waals surface area (Å²) in [6, 6.07) is 0. The van der Waals surface area contributed by atoms with Crippen LogP contribution in [0.1, 0.15) is 59.3 Å². The largest absolute Gasteiger partial charge is 0.493 e. The molecule has 0 spiro atoms. The van der Waals surface area contributed by atoms with E-state index >= 15 is 0 Å². The molecule has 0 aromatic rings. The van der Waals surface area contributed by atoms with E-state index in [1.54, 1.807) is 0 Å². The summed E-state index contributed by atoms with van der Waals surface area (Å²) in [4.78, 5) is 0. The summed E-state index contributed by atoms with van der Waals surface area (Å²) in [5, 5.41) is 0. The summed E-state index contributed by atoms with van der Waals surface area (Å²) in [7, 11) is 0.735. The van der Waals surface area contributed by atoms with Gasteiger partial charge in [0.1, 0.15) is 5.76 Å². The highest BCUT2D eigenvalue weighted by molar-refractivity contribution is 6.15. The van der Waals surface area contributed by atoms with Crippen molar-refractivity contribution in [3.8, 4) is 0 Å². The van der Waals surface area contributed by atoms with E-state index in [9.17, 15) is 0 Å². The van der Waals surface area contributed by atoms with Gasteiger partial charge in [-0.25, -0.2) is 0 Å². The molecule has 0 aliphatic heterocycles. The Balaban J connectivity index is 4.31. The van der Waals surface area contributed by atoms with Gasteiger partial charge >= 0.3 is 0 Å². The van der Waals surface area contributed by atoms with E-state index in [2.05, 4.69) is 27.4 Å². The van der Waals surface area contributed by atoms with Crippen molar-refractivity contribution in [3.05, 3.63) is 12.3 Å². The summed E-state index contributed by atoms with van der Waals surface area (Å²) < 4.78 is 17.5. The van der Waals surface area contributed by atoms with Gasteiger partial charge in [0.05, 0.1) is 30.1 Å². The first-order chi connectivity index (χ1) is 9.10. The van der Waals surface area contributed by atoms with Gasteiger partial charge in [-0.05, 0) is 19.3 Å². The first-order valence-electron chi connectivity index (χ1n) is 7.70. The maximum Gasteiger partial charge on any atom is 0.196 e. The molecule has 0 amide bonds. The minimum atomic E-state index is -0.669. The number of hydrogen-bond acceptors (Lipinski definition) is 3. The molecule has 0 N–H and O–H groups in total. The molecule has 4 heteroatoms. The molecule has 0 aliphatic carbocycles. The van der Waals surface area contributed by atoms with E-state index in [4.69, 9.17) is 14.2 Å². The van der Waals surface area contributed by atoms with Gasteiger partial charge < -0.3 is 14.2 Å². The van der Waals surface area contributed by atoms with Gasteiger partial charge in [-0.3, -0.25) is 0 Å². The summed E-state index contributed by atoms with van der Waals surface area (Å²) in [5.41, 5.74) is -0.669. The fourth-order valence-electron chi connectivity index (χ4n) is 1.50. The molecule has 19 heavy (non-hydrogen) atoms. The lowest BCUT2D eigenvalue weighted by molar-refractivity contribution is -0.177. The zero-order chi connectivity index (χ0) is 14.6. The maximum atomic E-state index is 5.92. The lowest BCUT2D eigenvalue weighted by Gasteiger charge is -2.32. The minimum absolute atomic E-state index is 0.653. The smallest absolute Gasteiger partial charge is 0.196 e. The Morgan fingerprint density at radius 3 is 1.74 bits per heavy atom. The lowest BCUT2D eigenvalue weighted by Crippen LogP contribution is -2.40. The fraction of sp³-hybridized carbons (Fsp3) is 0.867. The molecule has 0 aliphatic rings. The molecule has 0 aromatic heterocycles. The van der Waals surface area contributed by atoms with Crippen molar-refractivity contribution in [2.45, 2.75) is 64.7 Å². The minimum Gasteiger partial charge on any atom is -0.493 e. The third-order valence-corrected chi connectivity index (χ3v) is 4.17. The monoisotopic (exact) mass is 288 g/mol. The Morgan fingerprint density at radius 2 is 1.32 bits per heavy atom. The van der Waals surface area contributed by atoms with Crippen LogP contribution in [0.4, 0.5) is 0 Å². The first kappa shape index (κ1) is 18.7. The van der Waals surface area contributed by atoms with Crippen molar-refractivity contribution < 1.29 is 14.2 Å². The predicted molar refractivity (Wildman–Crippen MR) is 84.4 cm³/mol. The van der Waals surface area contributed by atoms with Crippen molar-refractivity contribution in [1.82, 2.24) is 0 Å². The van der Waals surface area contributed by atoms with Gasteiger partial charge in [-0.15, -0.1) is 0 Å². The molecule has 0 atom stereocenters. The molecule has 0 bridgehead atoms. The average Bonchev–Trinajstić information content (AvgIpc) is 2.39. The molecule has 0 saturated carbocycles. The van der Waals surface area contributed by atoms with Crippen molar-refractivity contribution in [2.24, 2.45) is 0 Å². The zero-order valence-corrected chi connectivity index (χ0v) is 15.3. The van der Waals surface area contributed by atoms with Gasteiger partial charge in [0, 0.05) is 0 Å². The summed E-state index contributed by atoms with van der Waals surface area (Å²) in [6.07, 6.45) is 6.49. The van der Waals surface area contributed by atoms with Crippen molar-refractivity contribution in [3.63, 3.8) is 0 Å². The highest BCUT2D eigenvalue weighted by Crippen LogP contribution is 2.21. The number of unbranched alkanes of at least 4 members (excludes halogenated alkanes) is 3. The van der Waals surface area contributed by atoms with E-state index in [1.807, 2.05) is 0 Å². The molecule has 0 unspecified atom stereocenters. The van der Waals surface area contributed by atoms with Crippen LogP contribution < -0.4 is 0 Å². The standard InChI is InChI=1S/C15H32O3Si/c1-5-8-11-16-14(4)15(19,17-12-9-6-2)18-13-10-7-3/h4-13H2,1-3,19H3. The summed E-state index contributed by atoms with van der Waals surface area (Å²) >= 11 is 0. The van der Waals surface area contributed by atoms with E-state index in [-0.39, 0.29) is 0 Å². The molecule has 0 rings (SSSR count). The topological polar surface area (TPSA) is 27.7 Å². The zero-order valence-electron chi connectivity index (χ0n) is 13.3. The molecule has 3 nitrogen and oxygen atoms in total. The number of hydrogen-bond donors (Lipinski definition) is 0. The van der Waals surface area contributed by atoms with E-state index in [1.165, 1.54) is 0 Å². The van der Waals surface area contributed by atoms with Gasteiger partial charge in [0.2, 0.25) is 0 Å². The normalized spacial score (nSPS) is 11.7. The Bertz CT molecular complexity index is 221. The quantitative estimate of drug-likeness (QED) is 0.226. The molecule has 0 heterocycles.